The lowest BCUT2D eigenvalue weighted by atomic mass is 9.85. The molecule has 2 atom stereocenters. The van der Waals surface area contributed by atoms with Gasteiger partial charge in [-0.05, 0) is 18.3 Å². The van der Waals surface area contributed by atoms with E-state index in [1.165, 1.54) is 39.2 Å². The van der Waals surface area contributed by atoms with Crippen molar-refractivity contribution in [1.82, 2.24) is 0 Å². The molecule has 0 aromatic heterocycles. The molecule has 2 unspecified atom stereocenters. The monoisotopic (exact) mass is 182 g/mol. The summed E-state index contributed by atoms with van der Waals surface area (Å²) >= 11 is 0. The third-order valence-electron chi connectivity index (χ3n) is 3.60. The van der Waals surface area contributed by atoms with Gasteiger partial charge in [-0.15, -0.1) is 0 Å². The Morgan fingerprint density at radius 3 is 2.54 bits per heavy atom. The maximum absolute atomic E-state index is 11.2. The molecule has 0 aliphatic heterocycles. The Kier molecular flexibility index (Phi) is 2.56. The fraction of sp³-hybridized carbons (Fsp3) is 0.909. The Morgan fingerprint density at radius 1 is 1.23 bits per heavy atom. The highest BCUT2D eigenvalue weighted by atomic mass is 16.5. The predicted molar refractivity (Wildman–Crippen MR) is 50.2 cm³/mol. The van der Waals surface area contributed by atoms with Gasteiger partial charge in [-0.3, -0.25) is 4.79 Å². The van der Waals surface area contributed by atoms with Gasteiger partial charge >= 0.3 is 5.97 Å². The van der Waals surface area contributed by atoms with Crippen LogP contribution in [0.4, 0.5) is 0 Å². The van der Waals surface area contributed by atoms with Crippen LogP contribution in [-0.4, -0.2) is 13.1 Å². The smallest absolute Gasteiger partial charge is 0.308 e. The summed E-state index contributed by atoms with van der Waals surface area (Å²) < 4.78 is 4.76. The number of carbonyl (C=O) groups excluding carboxylic acids is 1. The molecule has 2 aliphatic carbocycles. The first-order chi connectivity index (χ1) is 6.33. The molecule has 2 fully saturated rings. The second-order valence-corrected chi connectivity index (χ2v) is 4.43. The summed E-state index contributed by atoms with van der Waals surface area (Å²) in [6.07, 6.45) is 7.92. The second kappa shape index (κ2) is 3.69. The van der Waals surface area contributed by atoms with Crippen LogP contribution in [0.15, 0.2) is 0 Å². The molecule has 2 saturated carbocycles. The van der Waals surface area contributed by atoms with Gasteiger partial charge in [0.1, 0.15) is 0 Å². The lowest BCUT2D eigenvalue weighted by molar-refractivity contribution is -0.142. The molecule has 0 aromatic carbocycles. The Bertz CT molecular complexity index is 194. The first-order valence-electron chi connectivity index (χ1n) is 5.40. The lowest BCUT2D eigenvalue weighted by Crippen LogP contribution is -2.13. The molecular formula is C11H18O2. The number of hydrogen-bond acceptors (Lipinski definition) is 2. The minimum Gasteiger partial charge on any atom is -0.469 e. The molecule has 0 aromatic rings. The predicted octanol–water partition coefficient (Wildman–Crippen LogP) is 2.38. The van der Waals surface area contributed by atoms with Gasteiger partial charge in [-0.25, -0.2) is 0 Å². The Hall–Kier alpha value is -0.530. The van der Waals surface area contributed by atoms with Crippen LogP contribution in [0.2, 0.25) is 0 Å². The fourth-order valence-electron chi connectivity index (χ4n) is 2.72. The number of esters is 1. The van der Waals surface area contributed by atoms with Crippen molar-refractivity contribution in [3.8, 4) is 0 Å². The van der Waals surface area contributed by atoms with Crippen molar-refractivity contribution in [2.45, 2.75) is 38.5 Å². The Balaban J connectivity index is 1.81. The quantitative estimate of drug-likeness (QED) is 0.613. The highest BCUT2D eigenvalue weighted by molar-refractivity contribution is 5.75. The van der Waals surface area contributed by atoms with Gasteiger partial charge in [-0.2, -0.15) is 0 Å². The van der Waals surface area contributed by atoms with E-state index in [-0.39, 0.29) is 11.9 Å². The molecule has 2 aliphatic rings. The molecule has 0 bridgehead atoms. The molecule has 0 saturated heterocycles. The summed E-state index contributed by atoms with van der Waals surface area (Å²) in [6.45, 7) is 0. The molecule has 2 nitrogen and oxygen atoms in total. The maximum Gasteiger partial charge on any atom is 0.308 e. The van der Waals surface area contributed by atoms with Crippen LogP contribution < -0.4 is 0 Å². The van der Waals surface area contributed by atoms with Crippen molar-refractivity contribution in [3.63, 3.8) is 0 Å². The maximum atomic E-state index is 11.2. The van der Waals surface area contributed by atoms with E-state index in [2.05, 4.69) is 0 Å². The molecule has 0 amide bonds. The molecule has 2 heteroatoms. The van der Waals surface area contributed by atoms with Gasteiger partial charge in [-0.1, -0.05) is 32.1 Å². The number of hydrogen-bond donors (Lipinski definition) is 0. The zero-order valence-corrected chi connectivity index (χ0v) is 8.29. The Morgan fingerprint density at radius 2 is 1.92 bits per heavy atom. The van der Waals surface area contributed by atoms with Crippen molar-refractivity contribution < 1.29 is 9.53 Å². The SMILES string of the molecule is COC(=O)C1CC1C1CCCCC1. The zero-order valence-electron chi connectivity index (χ0n) is 8.29. The zero-order chi connectivity index (χ0) is 9.26. The van der Waals surface area contributed by atoms with Crippen LogP contribution in [0.25, 0.3) is 0 Å². The molecule has 0 spiro atoms. The molecule has 0 N–H and O–H groups in total. The molecule has 13 heavy (non-hydrogen) atoms. The van der Waals surface area contributed by atoms with E-state index in [4.69, 9.17) is 4.74 Å². The van der Waals surface area contributed by atoms with E-state index >= 15 is 0 Å². The van der Waals surface area contributed by atoms with Crippen molar-refractivity contribution in [3.05, 3.63) is 0 Å². The van der Waals surface area contributed by atoms with E-state index in [1.807, 2.05) is 0 Å². The summed E-state index contributed by atoms with van der Waals surface area (Å²) in [6, 6.07) is 0. The first kappa shape index (κ1) is 9.04. The van der Waals surface area contributed by atoms with E-state index in [1.54, 1.807) is 0 Å². The molecule has 0 heterocycles. The number of ether oxygens (including phenoxy) is 1. The average Bonchev–Trinajstić information content (AvgIpc) is 2.98. The number of methoxy groups -OCH3 is 1. The van der Waals surface area contributed by atoms with Gasteiger partial charge in [0, 0.05) is 0 Å². The second-order valence-electron chi connectivity index (χ2n) is 4.43. The van der Waals surface area contributed by atoms with Gasteiger partial charge in [0.15, 0.2) is 0 Å². The standard InChI is InChI=1S/C11H18O2/c1-13-11(12)10-7-9(10)8-5-3-2-4-6-8/h8-10H,2-7H2,1H3. The topological polar surface area (TPSA) is 26.3 Å². The van der Waals surface area contributed by atoms with Crippen molar-refractivity contribution in [2.24, 2.45) is 17.8 Å². The summed E-state index contributed by atoms with van der Waals surface area (Å²) in [4.78, 5) is 11.2. The molecule has 0 radical (unpaired) electrons. The highest BCUT2D eigenvalue weighted by Gasteiger charge is 2.48. The fourth-order valence-corrected chi connectivity index (χ4v) is 2.72. The van der Waals surface area contributed by atoms with Crippen LogP contribution in [-0.2, 0) is 9.53 Å². The van der Waals surface area contributed by atoms with Gasteiger partial charge in [0.25, 0.3) is 0 Å². The molecular weight excluding hydrogens is 164 g/mol. The average molecular weight is 182 g/mol. The van der Waals surface area contributed by atoms with E-state index < -0.39 is 0 Å². The minimum atomic E-state index is 0.0237. The van der Waals surface area contributed by atoms with Crippen LogP contribution in [0.1, 0.15) is 38.5 Å². The molecule has 74 valence electrons. The van der Waals surface area contributed by atoms with Crippen LogP contribution in [0.5, 0.6) is 0 Å². The van der Waals surface area contributed by atoms with Gasteiger partial charge in [0.2, 0.25) is 0 Å². The van der Waals surface area contributed by atoms with E-state index in [9.17, 15) is 4.79 Å². The summed E-state index contributed by atoms with van der Waals surface area (Å²) in [5.74, 6) is 1.79. The third-order valence-corrected chi connectivity index (χ3v) is 3.60. The van der Waals surface area contributed by atoms with Crippen LogP contribution in [0, 0.1) is 17.8 Å². The van der Waals surface area contributed by atoms with Gasteiger partial charge < -0.3 is 4.74 Å². The van der Waals surface area contributed by atoms with Crippen LogP contribution >= 0.6 is 0 Å². The first-order valence-corrected chi connectivity index (χ1v) is 5.40. The highest BCUT2D eigenvalue weighted by Crippen LogP contribution is 2.49. The third kappa shape index (κ3) is 1.87. The summed E-state index contributed by atoms with van der Waals surface area (Å²) in [5.41, 5.74) is 0. The van der Waals surface area contributed by atoms with Crippen molar-refractivity contribution in [2.75, 3.05) is 7.11 Å². The van der Waals surface area contributed by atoms with Gasteiger partial charge in [0.05, 0.1) is 13.0 Å². The number of carbonyl (C=O) groups is 1. The normalized spacial score (nSPS) is 34.2. The lowest BCUT2D eigenvalue weighted by Gasteiger charge is -2.21. The molecule has 2 rings (SSSR count). The summed E-state index contributed by atoms with van der Waals surface area (Å²) in [5, 5.41) is 0. The van der Waals surface area contributed by atoms with Crippen molar-refractivity contribution in [1.29, 1.82) is 0 Å². The largest absolute Gasteiger partial charge is 0.469 e. The van der Waals surface area contributed by atoms with E-state index in [0.29, 0.717) is 5.92 Å². The number of rotatable bonds is 2. The minimum absolute atomic E-state index is 0.0237. The van der Waals surface area contributed by atoms with Crippen LogP contribution in [0.3, 0.4) is 0 Å². The van der Waals surface area contributed by atoms with Crippen molar-refractivity contribution >= 4 is 5.97 Å². The van der Waals surface area contributed by atoms with E-state index in [0.717, 1.165) is 12.3 Å². The Labute approximate surface area is 79.7 Å². The summed E-state index contributed by atoms with van der Waals surface area (Å²) in [7, 11) is 1.50.